The van der Waals surface area contributed by atoms with E-state index in [0.29, 0.717) is 24.6 Å². The number of carbonyl (C=O) groups excluding carboxylic acids is 1. The first-order chi connectivity index (χ1) is 16.7. The molecule has 0 unspecified atom stereocenters. The summed E-state index contributed by atoms with van der Waals surface area (Å²) in [5.41, 5.74) is 2.81. The fourth-order valence-electron chi connectivity index (χ4n) is 6.12. The van der Waals surface area contributed by atoms with E-state index in [1.54, 1.807) is 0 Å². The lowest BCUT2D eigenvalue weighted by Crippen LogP contribution is -2.52. The van der Waals surface area contributed by atoms with E-state index in [1.165, 1.54) is 24.8 Å². The Kier molecular flexibility index (Phi) is 5.69. The summed E-state index contributed by atoms with van der Waals surface area (Å²) in [6.45, 7) is 1.57. The molecule has 1 aliphatic heterocycles. The first-order valence-corrected chi connectivity index (χ1v) is 12.8. The molecule has 2 saturated carbocycles. The van der Waals surface area contributed by atoms with E-state index in [0.717, 1.165) is 61.8 Å². The van der Waals surface area contributed by atoms with E-state index in [9.17, 15) is 4.79 Å². The molecule has 6 rings (SSSR count). The van der Waals surface area contributed by atoms with Gasteiger partial charge in [0, 0.05) is 49.1 Å². The van der Waals surface area contributed by atoms with Crippen LogP contribution in [0.3, 0.4) is 0 Å². The maximum Gasteiger partial charge on any atom is 0.268 e. The highest BCUT2D eigenvalue weighted by Gasteiger charge is 2.41. The fourth-order valence-corrected chi connectivity index (χ4v) is 6.12. The van der Waals surface area contributed by atoms with Crippen molar-refractivity contribution in [3.63, 3.8) is 0 Å². The Hall–Kier alpha value is -3.00. The average molecular weight is 460 g/mol. The zero-order valence-corrected chi connectivity index (χ0v) is 19.6. The number of fused-ring (bicyclic) bond motifs is 4. The highest BCUT2D eigenvalue weighted by atomic mass is 16.2. The zero-order chi connectivity index (χ0) is 23.0. The maximum absolute atomic E-state index is 12.7. The number of nitrogens with zero attached hydrogens (tertiary/aromatic N) is 4. The van der Waals surface area contributed by atoms with Crippen LogP contribution in [0.5, 0.6) is 0 Å². The van der Waals surface area contributed by atoms with Crippen molar-refractivity contribution in [2.24, 2.45) is 0 Å². The highest BCUT2D eigenvalue weighted by Crippen LogP contribution is 2.40. The van der Waals surface area contributed by atoms with E-state index in [4.69, 9.17) is 4.98 Å². The molecule has 3 aromatic rings. The summed E-state index contributed by atoms with van der Waals surface area (Å²) in [5.74, 6) is 0.679. The van der Waals surface area contributed by atoms with Crippen molar-refractivity contribution in [3.8, 4) is 0 Å². The maximum atomic E-state index is 12.7. The average Bonchev–Trinajstić information content (AvgIpc) is 3.28. The van der Waals surface area contributed by atoms with Crippen molar-refractivity contribution in [1.82, 2.24) is 30.2 Å². The third kappa shape index (κ3) is 4.04. The fraction of sp³-hybridized carbons (Fsp3) is 0.538. The van der Waals surface area contributed by atoms with Crippen molar-refractivity contribution in [3.05, 3.63) is 48.0 Å². The van der Waals surface area contributed by atoms with Crippen molar-refractivity contribution in [1.29, 1.82) is 0 Å². The minimum Gasteiger partial charge on any atom is -0.351 e. The lowest BCUT2D eigenvalue weighted by molar-refractivity contribution is 0.0833. The Morgan fingerprint density at radius 1 is 1.09 bits per heavy atom. The van der Waals surface area contributed by atoms with Gasteiger partial charge in [0.1, 0.15) is 11.3 Å². The van der Waals surface area contributed by atoms with Crippen LogP contribution in [0.1, 0.15) is 73.8 Å². The number of carbonyl (C=O) groups is 1. The van der Waals surface area contributed by atoms with Crippen LogP contribution in [-0.2, 0) is 12.1 Å². The normalized spacial score (nSPS) is 24.1. The van der Waals surface area contributed by atoms with E-state index in [1.807, 2.05) is 30.7 Å². The zero-order valence-electron chi connectivity index (χ0n) is 19.6. The van der Waals surface area contributed by atoms with Gasteiger partial charge in [0.25, 0.3) is 5.91 Å². The van der Waals surface area contributed by atoms with Crippen LogP contribution in [0.2, 0.25) is 0 Å². The minimum absolute atomic E-state index is 0.000754. The summed E-state index contributed by atoms with van der Waals surface area (Å²) in [6, 6.07) is 6.96. The van der Waals surface area contributed by atoms with E-state index < -0.39 is 0 Å². The lowest BCUT2D eigenvalue weighted by atomic mass is 9.80. The predicted octanol–water partition coefficient (Wildman–Crippen LogP) is 3.74. The second-order valence-electron chi connectivity index (χ2n) is 10.2. The number of amides is 1. The summed E-state index contributed by atoms with van der Waals surface area (Å²) in [7, 11) is 0. The standard InChI is InChI=1S/C26H33N7O/c34-24-22-13-19-16-29-25(32-23(19)33(22)26(17-30-24)10-2-1-3-11-26)31-21-8-6-20(7-9-21)28-15-18-5-4-12-27-14-18/h4-5,12-14,16,20-21,28H,1-3,6-11,15,17H2,(H,30,34)(H,29,31,32). The molecule has 34 heavy (non-hydrogen) atoms. The molecule has 3 N–H and O–H groups in total. The number of aromatic nitrogens is 4. The number of hydrogen-bond acceptors (Lipinski definition) is 6. The van der Waals surface area contributed by atoms with Gasteiger partial charge in [0.15, 0.2) is 0 Å². The van der Waals surface area contributed by atoms with E-state index >= 15 is 0 Å². The van der Waals surface area contributed by atoms with Crippen molar-refractivity contribution in [2.45, 2.75) is 82.0 Å². The van der Waals surface area contributed by atoms with Gasteiger partial charge in [-0.05, 0) is 56.2 Å². The van der Waals surface area contributed by atoms with Gasteiger partial charge < -0.3 is 20.5 Å². The number of nitrogens with one attached hydrogen (secondary N) is 3. The van der Waals surface area contributed by atoms with Gasteiger partial charge >= 0.3 is 0 Å². The number of pyridine rings is 1. The molecule has 8 heteroatoms. The summed E-state index contributed by atoms with van der Waals surface area (Å²) in [5, 5.41) is 11.3. The molecule has 0 atom stereocenters. The molecule has 1 amide bonds. The molecule has 8 nitrogen and oxygen atoms in total. The predicted molar refractivity (Wildman–Crippen MR) is 132 cm³/mol. The van der Waals surface area contributed by atoms with Gasteiger partial charge in [-0.1, -0.05) is 25.3 Å². The molecular formula is C26H33N7O. The SMILES string of the molecule is O=C1NCC2(CCCCC2)n2c1cc1cnc(NC3CCC(NCc4cccnc4)CC3)nc12. The lowest BCUT2D eigenvalue weighted by Gasteiger charge is -2.42. The third-order valence-corrected chi connectivity index (χ3v) is 7.99. The molecule has 0 radical (unpaired) electrons. The second kappa shape index (κ2) is 8.98. The van der Waals surface area contributed by atoms with Gasteiger partial charge in [-0.2, -0.15) is 4.98 Å². The second-order valence-corrected chi connectivity index (χ2v) is 10.2. The van der Waals surface area contributed by atoms with Gasteiger partial charge in [-0.15, -0.1) is 0 Å². The van der Waals surface area contributed by atoms with Gasteiger partial charge in [-0.3, -0.25) is 9.78 Å². The molecule has 0 saturated heterocycles. The molecule has 178 valence electrons. The van der Waals surface area contributed by atoms with Crippen molar-refractivity contribution in [2.75, 3.05) is 11.9 Å². The minimum atomic E-state index is -0.0487. The Morgan fingerprint density at radius 2 is 1.91 bits per heavy atom. The highest BCUT2D eigenvalue weighted by molar-refractivity contribution is 5.99. The van der Waals surface area contributed by atoms with E-state index in [-0.39, 0.29) is 11.4 Å². The van der Waals surface area contributed by atoms with Crippen molar-refractivity contribution < 1.29 is 4.79 Å². The van der Waals surface area contributed by atoms with Gasteiger partial charge in [-0.25, -0.2) is 4.98 Å². The summed E-state index contributed by atoms with van der Waals surface area (Å²) in [4.78, 5) is 26.4. The van der Waals surface area contributed by atoms with Crippen LogP contribution in [-0.4, -0.2) is 44.1 Å². The van der Waals surface area contributed by atoms with Crippen LogP contribution in [0.25, 0.3) is 11.0 Å². The largest absolute Gasteiger partial charge is 0.351 e. The summed E-state index contributed by atoms with van der Waals surface area (Å²) >= 11 is 0. The molecule has 3 aromatic heterocycles. The Bertz CT molecular complexity index is 1160. The summed E-state index contributed by atoms with van der Waals surface area (Å²) < 4.78 is 2.24. The topological polar surface area (TPSA) is 96.8 Å². The van der Waals surface area contributed by atoms with Crippen LogP contribution < -0.4 is 16.0 Å². The number of hydrogen-bond donors (Lipinski definition) is 3. The van der Waals surface area contributed by atoms with Crippen LogP contribution in [0, 0.1) is 0 Å². The molecule has 2 aliphatic carbocycles. The molecule has 2 fully saturated rings. The first-order valence-electron chi connectivity index (χ1n) is 12.8. The molecule has 3 aliphatic rings. The van der Waals surface area contributed by atoms with Gasteiger partial charge in [0.05, 0.1) is 5.54 Å². The van der Waals surface area contributed by atoms with Crippen LogP contribution in [0.4, 0.5) is 5.95 Å². The smallest absolute Gasteiger partial charge is 0.268 e. The molecular weight excluding hydrogens is 426 g/mol. The Morgan fingerprint density at radius 3 is 2.71 bits per heavy atom. The Balaban J connectivity index is 1.15. The molecule has 1 spiro atoms. The quantitative estimate of drug-likeness (QED) is 0.538. The monoisotopic (exact) mass is 459 g/mol. The van der Waals surface area contributed by atoms with Crippen LogP contribution in [0.15, 0.2) is 36.8 Å². The molecule has 0 bridgehead atoms. The van der Waals surface area contributed by atoms with Gasteiger partial charge in [0.2, 0.25) is 5.95 Å². The van der Waals surface area contributed by atoms with Crippen molar-refractivity contribution >= 4 is 22.9 Å². The summed E-state index contributed by atoms with van der Waals surface area (Å²) in [6.07, 6.45) is 15.9. The molecule has 4 heterocycles. The third-order valence-electron chi connectivity index (χ3n) is 7.99. The molecule has 0 aromatic carbocycles. The Labute approximate surface area is 200 Å². The number of rotatable bonds is 5. The van der Waals surface area contributed by atoms with Crippen LogP contribution >= 0.6 is 0 Å². The number of anilines is 1. The first kappa shape index (κ1) is 21.5. The van der Waals surface area contributed by atoms with E-state index in [2.05, 4.69) is 36.6 Å².